The lowest BCUT2D eigenvalue weighted by Gasteiger charge is -2.09. The van der Waals surface area contributed by atoms with Crippen molar-refractivity contribution in [2.45, 2.75) is 6.42 Å². The third-order valence-corrected chi connectivity index (χ3v) is 5.30. The third kappa shape index (κ3) is 3.23. The highest BCUT2D eigenvalue weighted by Crippen LogP contribution is 2.35. The minimum Gasteiger partial charge on any atom is -0.497 e. The molecule has 4 rings (SSSR count). The molecule has 0 saturated carbocycles. The van der Waals surface area contributed by atoms with Gasteiger partial charge in [0, 0.05) is 23.4 Å². The van der Waals surface area contributed by atoms with Gasteiger partial charge in [0.2, 0.25) is 0 Å². The molecule has 0 saturated heterocycles. The Labute approximate surface area is 167 Å². The van der Waals surface area contributed by atoms with Crippen molar-refractivity contribution in [3.63, 3.8) is 0 Å². The Hall–Kier alpha value is -3.24. The summed E-state index contributed by atoms with van der Waals surface area (Å²) < 4.78 is 5.35. The molecule has 3 aromatic carbocycles. The van der Waals surface area contributed by atoms with Gasteiger partial charge in [-0.2, -0.15) is 0 Å². The van der Waals surface area contributed by atoms with E-state index < -0.39 is 5.97 Å². The van der Waals surface area contributed by atoms with Crippen molar-refractivity contribution in [1.82, 2.24) is 4.98 Å². The molecule has 2 N–H and O–H groups in total. The number of carboxylic acids is 1. The van der Waals surface area contributed by atoms with Crippen LogP contribution in [0.4, 0.5) is 0 Å². The number of halogens is 1. The van der Waals surface area contributed by atoms with Crippen molar-refractivity contribution in [2.75, 3.05) is 7.11 Å². The van der Waals surface area contributed by atoms with Crippen LogP contribution in [0.15, 0.2) is 66.7 Å². The zero-order chi connectivity index (χ0) is 19.7. The normalized spacial score (nSPS) is 10.9. The summed E-state index contributed by atoms with van der Waals surface area (Å²) in [6.07, 6.45) is 0.510. The maximum atomic E-state index is 11.4. The highest BCUT2D eigenvalue weighted by Gasteiger charge is 2.18. The monoisotopic (exact) mass is 391 g/mol. The van der Waals surface area contributed by atoms with E-state index in [0.717, 1.165) is 39.0 Å². The number of carbonyl (C=O) groups is 1. The van der Waals surface area contributed by atoms with Crippen LogP contribution in [0.25, 0.3) is 22.2 Å². The number of nitrogens with one attached hydrogen (secondary N) is 1. The zero-order valence-corrected chi connectivity index (χ0v) is 16.0. The number of methoxy groups -OCH3 is 1. The van der Waals surface area contributed by atoms with Gasteiger partial charge in [-0.3, -0.25) is 0 Å². The number of hydrogen-bond donors (Lipinski definition) is 2. The van der Waals surface area contributed by atoms with Crippen LogP contribution in [0.5, 0.6) is 5.75 Å². The number of aromatic amines is 1. The number of ether oxygens (including phenoxy) is 1. The first-order valence-corrected chi connectivity index (χ1v) is 9.21. The van der Waals surface area contributed by atoms with E-state index >= 15 is 0 Å². The average molecular weight is 392 g/mol. The molecule has 0 aliphatic carbocycles. The van der Waals surface area contributed by atoms with Crippen LogP contribution in [0.2, 0.25) is 5.02 Å². The Balaban J connectivity index is 1.90. The minimum atomic E-state index is -1.03. The summed E-state index contributed by atoms with van der Waals surface area (Å²) in [5.74, 6) is -0.260. The summed E-state index contributed by atoms with van der Waals surface area (Å²) >= 11 is 6.41. The molecule has 1 aromatic heterocycles. The van der Waals surface area contributed by atoms with Crippen molar-refractivity contribution >= 4 is 28.5 Å². The molecule has 140 valence electrons. The summed E-state index contributed by atoms with van der Waals surface area (Å²) in [5.41, 5.74) is 4.95. The topological polar surface area (TPSA) is 62.3 Å². The first kappa shape index (κ1) is 18.1. The maximum Gasteiger partial charge on any atom is 0.337 e. The van der Waals surface area contributed by atoms with Crippen molar-refractivity contribution in [3.8, 4) is 17.0 Å². The molecule has 0 aliphatic heterocycles. The van der Waals surface area contributed by atoms with Gasteiger partial charge in [-0.1, -0.05) is 54.1 Å². The van der Waals surface area contributed by atoms with Crippen LogP contribution in [0, 0.1) is 0 Å². The number of aromatic carboxylic acids is 1. The Bertz CT molecular complexity index is 1170. The molecule has 0 aliphatic rings. The van der Waals surface area contributed by atoms with E-state index in [2.05, 4.69) is 4.98 Å². The van der Waals surface area contributed by atoms with Crippen LogP contribution in [-0.4, -0.2) is 23.2 Å². The molecule has 5 heteroatoms. The van der Waals surface area contributed by atoms with Crippen LogP contribution < -0.4 is 4.74 Å². The largest absolute Gasteiger partial charge is 0.497 e. The zero-order valence-electron chi connectivity index (χ0n) is 15.2. The number of rotatable bonds is 5. The predicted octanol–water partition coefficient (Wildman–Crippen LogP) is 5.79. The average Bonchev–Trinajstić information content (AvgIpc) is 3.07. The molecule has 28 heavy (non-hydrogen) atoms. The lowest BCUT2D eigenvalue weighted by Crippen LogP contribution is -2.00. The van der Waals surface area contributed by atoms with Crippen molar-refractivity contribution in [1.29, 1.82) is 0 Å². The van der Waals surface area contributed by atoms with Crippen molar-refractivity contribution in [2.24, 2.45) is 0 Å². The van der Waals surface area contributed by atoms with Crippen LogP contribution >= 0.6 is 11.6 Å². The molecule has 0 fully saturated rings. The van der Waals surface area contributed by atoms with Gasteiger partial charge in [-0.05, 0) is 34.9 Å². The predicted molar refractivity (Wildman–Crippen MR) is 112 cm³/mol. The molecule has 0 amide bonds. The fourth-order valence-corrected chi connectivity index (χ4v) is 3.74. The highest BCUT2D eigenvalue weighted by atomic mass is 35.5. The minimum absolute atomic E-state index is 0.113. The molecular formula is C23H18ClNO3. The summed E-state index contributed by atoms with van der Waals surface area (Å²) in [6.45, 7) is 0. The third-order valence-electron chi connectivity index (χ3n) is 4.85. The molecular weight excluding hydrogens is 374 g/mol. The number of carboxylic acid groups (broad SMARTS) is 1. The van der Waals surface area contributed by atoms with E-state index in [1.807, 2.05) is 54.6 Å². The first-order valence-electron chi connectivity index (χ1n) is 8.83. The summed E-state index contributed by atoms with van der Waals surface area (Å²) in [4.78, 5) is 14.9. The number of fused-ring (bicyclic) bond motifs is 1. The van der Waals surface area contributed by atoms with E-state index in [9.17, 15) is 9.90 Å². The van der Waals surface area contributed by atoms with Gasteiger partial charge < -0.3 is 14.8 Å². The summed E-state index contributed by atoms with van der Waals surface area (Å²) in [5, 5.41) is 10.7. The van der Waals surface area contributed by atoms with Gasteiger partial charge in [0.15, 0.2) is 0 Å². The second kappa shape index (κ2) is 7.41. The summed E-state index contributed by atoms with van der Waals surface area (Å²) in [6, 6.07) is 21.0. The fourth-order valence-electron chi connectivity index (χ4n) is 3.47. The number of aromatic nitrogens is 1. The molecule has 4 nitrogen and oxygen atoms in total. The standard InChI is InChI=1S/C23H18ClNO3/c1-28-16-10-11-17-19(12-15-8-5-9-18(21(15)24)23(26)27)22(25-20(17)13-16)14-6-3-2-4-7-14/h2-11,13,25H,12H2,1H3,(H,26,27). The SMILES string of the molecule is COc1ccc2c(Cc3cccc(C(=O)O)c3Cl)c(-c3ccccc3)[nH]c2c1. The molecule has 0 bridgehead atoms. The Morgan fingerprint density at radius 1 is 1.07 bits per heavy atom. The number of benzene rings is 3. The molecule has 0 radical (unpaired) electrons. The second-order valence-corrected chi connectivity index (χ2v) is 6.89. The van der Waals surface area contributed by atoms with Crippen LogP contribution in [0.1, 0.15) is 21.5 Å². The van der Waals surface area contributed by atoms with Crippen molar-refractivity contribution < 1.29 is 14.6 Å². The maximum absolute atomic E-state index is 11.4. The quantitative estimate of drug-likeness (QED) is 0.453. The second-order valence-electron chi connectivity index (χ2n) is 6.52. The van der Waals surface area contributed by atoms with E-state index in [4.69, 9.17) is 16.3 Å². The Morgan fingerprint density at radius 2 is 1.86 bits per heavy atom. The van der Waals surface area contributed by atoms with E-state index in [0.29, 0.717) is 6.42 Å². The van der Waals surface area contributed by atoms with E-state index in [-0.39, 0.29) is 10.6 Å². The van der Waals surface area contributed by atoms with Crippen LogP contribution in [-0.2, 0) is 6.42 Å². The smallest absolute Gasteiger partial charge is 0.337 e. The number of hydrogen-bond acceptors (Lipinski definition) is 2. The highest BCUT2D eigenvalue weighted by molar-refractivity contribution is 6.34. The fraction of sp³-hybridized carbons (Fsp3) is 0.0870. The molecule has 0 atom stereocenters. The van der Waals surface area contributed by atoms with Gasteiger partial charge in [-0.25, -0.2) is 4.79 Å². The van der Waals surface area contributed by atoms with Gasteiger partial charge in [0.1, 0.15) is 5.75 Å². The first-order chi connectivity index (χ1) is 13.6. The van der Waals surface area contributed by atoms with E-state index in [1.165, 1.54) is 6.07 Å². The van der Waals surface area contributed by atoms with Gasteiger partial charge in [-0.15, -0.1) is 0 Å². The lowest BCUT2D eigenvalue weighted by atomic mass is 9.97. The van der Waals surface area contributed by atoms with E-state index in [1.54, 1.807) is 13.2 Å². The van der Waals surface area contributed by atoms with Gasteiger partial charge >= 0.3 is 5.97 Å². The molecule has 0 spiro atoms. The van der Waals surface area contributed by atoms with Crippen LogP contribution in [0.3, 0.4) is 0 Å². The Morgan fingerprint density at radius 3 is 2.57 bits per heavy atom. The number of H-pyrrole nitrogens is 1. The van der Waals surface area contributed by atoms with Crippen molar-refractivity contribution in [3.05, 3.63) is 88.4 Å². The summed E-state index contributed by atoms with van der Waals surface area (Å²) in [7, 11) is 1.64. The molecule has 4 aromatic rings. The lowest BCUT2D eigenvalue weighted by molar-refractivity contribution is 0.0697. The van der Waals surface area contributed by atoms with Gasteiger partial charge in [0.05, 0.1) is 23.4 Å². The molecule has 0 unspecified atom stereocenters. The Kier molecular flexibility index (Phi) is 4.80. The molecule has 1 heterocycles. The van der Waals surface area contributed by atoms with Gasteiger partial charge in [0.25, 0.3) is 0 Å².